The van der Waals surface area contributed by atoms with E-state index in [1.165, 1.54) is 31.4 Å². The number of sulfonamides is 2. The van der Waals surface area contributed by atoms with E-state index in [2.05, 4.69) is 6.58 Å². The molecule has 118 valence electrons. The Bertz CT molecular complexity index is 698. The van der Waals surface area contributed by atoms with E-state index in [9.17, 15) is 16.8 Å². The molecule has 1 aromatic carbocycles. The smallest absolute Gasteiger partial charge is 0.244 e. The van der Waals surface area contributed by atoms with Gasteiger partial charge < -0.3 is 4.74 Å². The van der Waals surface area contributed by atoms with Gasteiger partial charge >= 0.3 is 0 Å². The fraction of sp³-hybridized carbons (Fsp3) is 0.333. The van der Waals surface area contributed by atoms with Crippen molar-refractivity contribution < 1.29 is 21.6 Å². The summed E-state index contributed by atoms with van der Waals surface area (Å²) in [6, 6.07) is 5.21. The molecule has 1 rings (SSSR count). The predicted molar refractivity (Wildman–Crippen MR) is 78.6 cm³/mol. The van der Waals surface area contributed by atoms with Gasteiger partial charge in [-0.2, -0.15) is 4.31 Å². The predicted octanol–water partition coefficient (Wildman–Crippen LogP) is 0.157. The monoisotopic (exact) mass is 334 g/mol. The zero-order chi connectivity index (χ0) is 16.1. The lowest BCUT2D eigenvalue weighted by atomic mass is 10.4. The van der Waals surface area contributed by atoms with Crippen molar-refractivity contribution in [2.45, 2.75) is 9.79 Å². The lowest BCUT2D eigenvalue weighted by molar-refractivity contribution is 0.182. The van der Waals surface area contributed by atoms with Crippen LogP contribution in [0.5, 0.6) is 0 Å². The highest BCUT2D eigenvalue weighted by molar-refractivity contribution is 7.92. The Balaban J connectivity index is 3.38. The van der Waals surface area contributed by atoms with Crippen LogP contribution < -0.4 is 5.14 Å². The van der Waals surface area contributed by atoms with Crippen LogP contribution >= 0.6 is 0 Å². The second kappa shape index (κ2) is 7.14. The third-order valence-corrected chi connectivity index (χ3v) is 5.67. The number of hydrogen-bond acceptors (Lipinski definition) is 5. The lowest BCUT2D eigenvalue weighted by Crippen LogP contribution is -2.35. The normalized spacial score (nSPS) is 12.5. The Hall–Kier alpha value is -1.26. The van der Waals surface area contributed by atoms with Crippen molar-refractivity contribution in [3.63, 3.8) is 0 Å². The minimum Gasteiger partial charge on any atom is -0.383 e. The summed E-state index contributed by atoms with van der Waals surface area (Å²) < 4.78 is 54.2. The SMILES string of the molecule is C=CCN(CCOC)S(=O)(=O)c1ccccc1S(N)(=O)=O. The number of hydrogen-bond donors (Lipinski definition) is 1. The number of nitrogens with zero attached hydrogens (tertiary/aromatic N) is 1. The van der Waals surface area contributed by atoms with Gasteiger partial charge in [0.15, 0.2) is 0 Å². The number of nitrogens with two attached hydrogens (primary N) is 1. The molecule has 0 atom stereocenters. The molecule has 0 aliphatic carbocycles. The summed E-state index contributed by atoms with van der Waals surface area (Å²) in [5.74, 6) is 0. The summed E-state index contributed by atoms with van der Waals surface area (Å²) in [6.07, 6.45) is 1.41. The maximum Gasteiger partial charge on any atom is 0.244 e. The van der Waals surface area contributed by atoms with E-state index in [0.29, 0.717) is 0 Å². The fourth-order valence-corrected chi connectivity index (χ4v) is 4.43. The topological polar surface area (TPSA) is 107 Å². The standard InChI is InChI=1S/C12H18N2O5S2/c1-3-8-14(9-10-19-2)21(17,18)12-7-5-4-6-11(12)20(13,15)16/h3-7H,1,8-10H2,2H3,(H2,13,15,16). The summed E-state index contributed by atoms with van der Waals surface area (Å²) >= 11 is 0. The first-order valence-electron chi connectivity index (χ1n) is 5.97. The van der Waals surface area contributed by atoms with Gasteiger partial charge in [0.2, 0.25) is 20.0 Å². The zero-order valence-corrected chi connectivity index (χ0v) is 13.2. The average molecular weight is 334 g/mol. The van der Waals surface area contributed by atoms with E-state index >= 15 is 0 Å². The molecule has 9 heteroatoms. The van der Waals surface area contributed by atoms with Crippen molar-refractivity contribution >= 4 is 20.0 Å². The van der Waals surface area contributed by atoms with E-state index in [1.807, 2.05) is 0 Å². The quantitative estimate of drug-likeness (QED) is 0.681. The molecule has 0 spiro atoms. The van der Waals surface area contributed by atoms with Crippen molar-refractivity contribution in [3.05, 3.63) is 36.9 Å². The second-order valence-corrected chi connectivity index (χ2v) is 7.57. The molecule has 0 saturated heterocycles. The van der Waals surface area contributed by atoms with Crippen molar-refractivity contribution in [1.29, 1.82) is 0 Å². The van der Waals surface area contributed by atoms with Crippen molar-refractivity contribution in [1.82, 2.24) is 4.31 Å². The van der Waals surface area contributed by atoms with Crippen LogP contribution in [-0.4, -0.2) is 47.9 Å². The first kappa shape index (κ1) is 17.8. The van der Waals surface area contributed by atoms with Crippen molar-refractivity contribution in [2.24, 2.45) is 5.14 Å². The van der Waals surface area contributed by atoms with Gasteiger partial charge in [0.25, 0.3) is 0 Å². The number of primary sulfonamides is 1. The van der Waals surface area contributed by atoms with Gasteiger partial charge in [-0.3, -0.25) is 0 Å². The van der Waals surface area contributed by atoms with Gasteiger partial charge in [-0.1, -0.05) is 18.2 Å². The van der Waals surface area contributed by atoms with Crippen LogP contribution in [0.15, 0.2) is 46.7 Å². The van der Waals surface area contributed by atoms with Crippen LogP contribution in [0.1, 0.15) is 0 Å². The molecule has 0 radical (unpaired) electrons. The first-order valence-corrected chi connectivity index (χ1v) is 8.95. The molecule has 1 aromatic rings. The van der Waals surface area contributed by atoms with Gasteiger partial charge in [-0.25, -0.2) is 22.0 Å². The molecule has 0 aromatic heterocycles. The van der Waals surface area contributed by atoms with Gasteiger partial charge in [0.1, 0.15) is 9.79 Å². The molecule has 21 heavy (non-hydrogen) atoms. The van der Waals surface area contributed by atoms with Crippen LogP contribution in [0.25, 0.3) is 0 Å². The molecule has 0 aliphatic heterocycles. The first-order chi connectivity index (χ1) is 9.75. The summed E-state index contributed by atoms with van der Waals surface area (Å²) in [6.45, 7) is 3.77. The van der Waals surface area contributed by atoms with Gasteiger partial charge in [-0.15, -0.1) is 6.58 Å². The molecule has 7 nitrogen and oxygen atoms in total. The van der Waals surface area contributed by atoms with Gasteiger partial charge in [-0.05, 0) is 12.1 Å². The third kappa shape index (κ3) is 4.35. The summed E-state index contributed by atoms with van der Waals surface area (Å²) in [7, 11) is -6.73. The molecule has 0 fully saturated rings. The van der Waals surface area contributed by atoms with E-state index in [4.69, 9.17) is 9.88 Å². The van der Waals surface area contributed by atoms with E-state index in [-0.39, 0.29) is 24.6 Å². The Morgan fingerprint density at radius 2 is 1.81 bits per heavy atom. The highest BCUT2D eigenvalue weighted by Crippen LogP contribution is 2.23. The summed E-state index contributed by atoms with van der Waals surface area (Å²) in [5, 5.41) is 5.07. The van der Waals surface area contributed by atoms with Crippen molar-refractivity contribution in [3.8, 4) is 0 Å². The minimum absolute atomic E-state index is 0.0324. The van der Waals surface area contributed by atoms with Crippen molar-refractivity contribution in [2.75, 3.05) is 26.8 Å². The minimum atomic E-state index is -4.15. The molecular weight excluding hydrogens is 316 g/mol. The van der Waals surface area contributed by atoms with Gasteiger partial charge in [0.05, 0.1) is 6.61 Å². The van der Waals surface area contributed by atoms with Crippen LogP contribution in [0.2, 0.25) is 0 Å². The summed E-state index contributed by atoms with van der Waals surface area (Å²) in [5.41, 5.74) is 0. The lowest BCUT2D eigenvalue weighted by Gasteiger charge is -2.21. The Labute approximate surface area is 125 Å². The molecule has 0 amide bonds. The van der Waals surface area contributed by atoms with Gasteiger partial charge in [0, 0.05) is 20.2 Å². The third-order valence-electron chi connectivity index (χ3n) is 2.65. The Kier molecular flexibility index (Phi) is 6.05. The number of methoxy groups -OCH3 is 1. The maximum absolute atomic E-state index is 12.6. The highest BCUT2D eigenvalue weighted by atomic mass is 32.2. The molecule has 0 bridgehead atoms. The van der Waals surface area contributed by atoms with E-state index < -0.39 is 24.9 Å². The largest absolute Gasteiger partial charge is 0.383 e. The zero-order valence-electron chi connectivity index (χ0n) is 11.6. The second-order valence-electron chi connectivity index (χ2n) is 4.14. The average Bonchev–Trinajstić information content (AvgIpc) is 2.42. The maximum atomic E-state index is 12.6. The molecule has 0 aliphatic rings. The number of rotatable bonds is 8. The Morgan fingerprint density at radius 1 is 1.24 bits per heavy atom. The summed E-state index contributed by atoms with van der Waals surface area (Å²) in [4.78, 5) is -0.790. The number of benzene rings is 1. The molecule has 0 heterocycles. The molecular formula is C12H18N2O5S2. The molecule has 0 unspecified atom stereocenters. The Morgan fingerprint density at radius 3 is 2.29 bits per heavy atom. The van der Waals surface area contributed by atoms with Crippen LogP contribution in [0, 0.1) is 0 Å². The molecule has 2 N–H and O–H groups in total. The molecule has 0 saturated carbocycles. The van der Waals surface area contributed by atoms with E-state index in [0.717, 1.165) is 10.4 Å². The highest BCUT2D eigenvalue weighted by Gasteiger charge is 2.29. The fourth-order valence-electron chi connectivity index (χ4n) is 1.68. The van der Waals surface area contributed by atoms with Crippen LogP contribution in [0.4, 0.5) is 0 Å². The number of ether oxygens (including phenoxy) is 1. The van der Waals surface area contributed by atoms with Crippen LogP contribution in [-0.2, 0) is 24.8 Å². The van der Waals surface area contributed by atoms with E-state index in [1.54, 1.807) is 0 Å². The van der Waals surface area contributed by atoms with Crippen LogP contribution in [0.3, 0.4) is 0 Å².